The van der Waals surface area contributed by atoms with E-state index >= 15 is 0 Å². The number of rotatable bonds is 16. The van der Waals surface area contributed by atoms with Crippen LogP contribution in [-0.2, 0) is 33.2 Å². The first-order chi connectivity index (χ1) is 11.8. The third-order valence-electron chi connectivity index (χ3n) is 4.10. The standard InChI is InChI=1S/C17H30O7/c1-2-3-18-10-17(11-19-4-14-7-22-14,12-20-5-15-8-23-15)13-21-6-16-9-24-16/h14-16H,2-13H2,1H3. The summed E-state index contributed by atoms with van der Waals surface area (Å²) in [5, 5.41) is 0. The van der Waals surface area contributed by atoms with Gasteiger partial charge in [-0.15, -0.1) is 0 Å². The summed E-state index contributed by atoms with van der Waals surface area (Å²) in [4.78, 5) is 0. The van der Waals surface area contributed by atoms with Gasteiger partial charge in [-0.25, -0.2) is 0 Å². The van der Waals surface area contributed by atoms with Crippen molar-refractivity contribution in [3.05, 3.63) is 0 Å². The molecule has 3 saturated heterocycles. The summed E-state index contributed by atoms with van der Waals surface area (Å²) in [6.07, 6.45) is 1.74. The van der Waals surface area contributed by atoms with Gasteiger partial charge in [0.25, 0.3) is 0 Å². The van der Waals surface area contributed by atoms with Gasteiger partial charge in [0, 0.05) is 6.61 Å². The molecule has 0 radical (unpaired) electrons. The van der Waals surface area contributed by atoms with E-state index < -0.39 is 0 Å². The highest BCUT2D eigenvalue weighted by atomic mass is 16.6. The van der Waals surface area contributed by atoms with Crippen molar-refractivity contribution >= 4 is 0 Å². The van der Waals surface area contributed by atoms with E-state index in [2.05, 4.69) is 6.92 Å². The van der Waals surface area contributed by atoms with Crippen LogP contribution in [-0.4, -0.2) is 91.0 Å². The summed E-state index contributed by atoms with van der Waals surface area (Å²) in [7, 11) is 0. The largest absolute Gasteiger partial charge is 0.381 e. The second-order valence-electron chi connectivity index (χ2n) is 6.96. The van der Waals surface area contributed by atoms with Gasteiger partial charge >= 0.3 is 0 Å². The molecule has 0 spiro atoms. The van der Waals surface area contributed by atoms with Crippen molar-refractivity contribution in [2.24, 2.45) is 5.41 Å². The van der Waals surface area contributed by atoms with Crippen LogP contribution in [0.5, 0.6) is 0 Å². The molecule has 0 N–H and O–H groups in total. The average Bonchev–Trinajstić information content (AvgIpc) is 3.42. The van der Waals surface area contributed by atoms with Crippen LogP contribution in [0.2, 0.25) is 0 Å². The first-order valence-corrected chi connectivity index (χ1v) is 8.95. The summed E-state index contributed by atoms with van der Waals surface area (Å²) in [6, 6.07) is 0. The molecule has 0 aromatic heterocycles. The van der Waals surface area contributed by atoms with Crippen LogP contribution in [0.1, 0.15) is 13.3 Å². The molecular weight excluding hydrogens is 316 g/mol. The van der Waals surface area contributed by atoms with Gasteiger partial charge in [-0.2, -0.15) is 0 Å². The molecule has 3 aliphatic rings. The van der Waals surface area contributed by atoms with Gasteiger partial charge in [-0.1, -0.05) is 6.92 Å². The molecule has 0 aliphatic carbocycles. The lowest BCUT2D eigenvalue weighted by atomic mass is 9.92. The van der Waals surface area contributed by atoms with Crippen LogP contribution < -0.4 is 0 Å². The van der Waals surface area contributed by atoms with Gasteiger partial charge in [0.15, 0.2) is 0 Å². The summed E-state index contributed by atoms with van der Waals surface area (Å²) in [5.41, 5.74) is -0.312. The molecule has 0 aromatic rings. The molecule has 0 amide bonds. The third-order valence-corrected chi connectivity index (χ3v) is 4.10. The van der Waals surface area contributed by atoms with Crippen molar-refractivity contribution in [3.8, 4) is 0 Å². The van der Waals surface area contributed by atoms with Crippen molar-refractivity contribution in [3.63, 3.8) is 0 Å². The second-order valence-corrected chi connectivity index (χ2v) is 6.96. The average molecular weight is 346 g/mol. The fraction of sp³-hybridized carbons (Fsp3) is 1.00. The smallest absolute Gasteiger partial charge is 0.104 e. The SMILES string of the molecule is CCCOCC(COCC1CO1)(COCC1CO1)COCC1CO1. The highest BCUT2D eigenvalue weighted by molar-refractivity contribution is 4.82. The lowest BCUT2D eigenvalue weighted by Crippen LogP contribution is -2.42. The maximum absolute atomic E-state index is 5.87. The Morgan fingerprint density at radius 2 is 1.08 bits per heavy atom. The first kappa shape index (κ1) is 18.5. The molecule has 3 atom stereocenters. The monoisotopic (exact) mass is 346 g/mol. The Balaban J connectivity index is 1.47. The van der Waals surface area contributed by atoms with E-state index in [9.17, 15) is 0 Å². The topological polar surface area (TPSA) is 74.5 Å². The Kier molecular flexibility index (Phi) is 7.27. The summed E-state index contributed by atoms with van der Waals surface area (Å²) in [5.74, 6) is 0. The molecule has 3 rings (SSSR count). The minimum absolute atomic E-state index is 0.251. The highest BCUT2D eigenvalue weighted by Crippen LogP contribution is 2.24. The minimum atomic E-state index is -0.312. The van der Waals surface area contributed by atoms with Crippen molar-refractivity contribution < 1.29 is 33.2 Å². The zero-order chi connectivity index (χ0) is 16.7. The highest BCUT2D eigenvalue weighted by Gasteiger charge is 2.36. The van der Waals surface area contributed by atoms with Gasteiger partial charge in [-0.05, 0) is 6.42 Å². The van der Waals surface area contributed by atoms with Gasteiger partial charge in [0.1, 0.15) is 18.3 Å². The van der Waals surface area contributed by atoms with Crippen LogP contribution in [0.4, 0.5) is 0 Å². The number of hydrogen-bond donors (Lipinski definition) is 0. The second kappa shape index (κ2) is 9.43. The minimum Gasteiger partial charge on any atom is -0.381 e. The van der Waals surface area contributed by atoms with E-state index in [-0.39, 0.29) is 23.7 Å². The Hall–Kier alpha value is -0.280. The van der Waals surface area contributed by atoms with Gasteiger partial charge in [0.05, 0.1) is 71.5 Å². The van der Waals surface area contributed by atoms with Crippen LogP contribution in [0, 0.1) is 5.41 Å². The van der Waals surface area contributed by atoms with Crippen molar-refractivity contribution in [2.75, 3.05) is 72.7 Å². The van der Waals surface area contributed by atoms with E-state index in [1.165, 1.54) is 0 Å². The predicted octanol–water partition coefficient (Wildman–Crippen LogP) is 0.646. The normalized spacial score (nSPS) is 30.1. The zero-order valence-corrected chi connectivity index (χ0v) is 14.6. The molecule has 140 valence electrons. The van der Waals surface area contributed by atoms with Crippen molar-refractivity contribution in [1.29, 1.82) is 0 Å². The van der Waals surface area contributed by atoms with Crippen LogP contribution in [0.25, 0.3) is 0 Å². The molecule has 3 unspecified atom stereocenters. The maximum atomic E-state index is 5.87. The Bertz CT molecular complexity index is 307. The number of hydrogen-bond acceptors (Lipinski definition) is 7. The molecule has 3 aliphatic heterocycles. The summed E-state index contributed by atoms with van der Waals surface area (Å²) in [6.45, 7) is 9.24. The van der Waals surface area contributed by atoms with Crippen molar-refractivity contribution in [2.45, 2.75) is 31.7 Å². The van der Waals surface area contributed by atoms with Gasteiger partial charge in [-0.3, -0.25) is 0 Å². The van der Waals surface area contributed by atoms with Crippen LogP contribution in [0.3, 0.4) is 0 Å². The quantitative estimate of drug-likeness (QED) is 0.300. The molecule has 24 heavy (non-hydrogen) atoms. The Labute approximate surface area is 143 Å². The number of epoxide rings is 3. The molecular formula is C17H30O7. The molecule has 3 fully saturated rings. The van der Waals surface area contributed by atoms with E-state index in [1.54, 1.807) is 0 Å². The van der Waals surface area contributed by atoms with Gasteiger partial charge in [0.2, 0.25) is 0 Å². The number of ether oxygens (including phenoxy) is 7. The Morgan fingerprint density at radius 3 is 1.42 bits per heavy atom. The molecule has 0 saturated carbocycles. The van der Waals surface area contributed by atoms with Gasteiger partial charge < -0.3 is 33.2 Å². The fourth-order valence-corrected chi connectivity index (χ4v) is 2.40. The van der Waals surface area contributed by atoms with Crippen LogP contribution >= 0.6 is 0 Å². The first-order valence-electron chi connectivity index (χ1n) is 8.95. The lowest BCUT2D eigenvalue weighted by Gasteiger charge is -2.33. The lowest BCUT2D eigenvalue weighted by molar-refractivity contribution is -0.110. The maximum Gasteiger partial charge on any atom is 0.104 e. The van der Waals surface area contributed by atoms with E-state index in [0.29, 0.717) is 46.2 Å². The molecule has 0 aromatic carbocycles. The molecule has 3 heterocycles. The third kappa shape index (κ3) is 7.31. The molecule has 7 nitrogen and oxygen atoms in total. The van der Waals surface area contributed by atoms with Crippen LogP contribution in [0.15, 0.2) is 0 Å². The summed E-state index contributed by atoms with van der Waals surface area (Å²) >= 11 is 0. The van der Waals surface area contributed by atoms with E-state index in [4.69, 9.17) is 33.2 Å². The van der Waals surface area contributed by atoms with E-state index in [0.717, 1.165) is 32.8 Å². The predicted molar refractivity (Wildman–Crippen MR) is 85.2 cm³/mol. The summed E-state index contributed by atoms with van der Waals surface area (Å²) < 4.78 is 39.1. The Morgan fingerprint density at radius 1 is 0.708 bits per heavy atom. The zero-order valence-electron chi connectivity index (χ0n) is 14.6. The van der Waals surface area contributed by atoms with Crippen molar-refractivity contribution in [1.82, 2.24) is 0 Å². The molecule has 7 heteroatoms. The fourth-order valence-electron chi connectivity index (χ4n) is 2.40. The molecule has 0 bridgehead atoms. The van der Waals surface area contributed by atoms with E-state index in [1.807, 2.05) is 0 Å².